The largest absolute Gasteiger partial charge is 0.387 e. The summed E-state index contributed by atoms with van der Waals surface area (Å²) in [5, 5.41) is 11.0. The van der Waals surface area contributed by atoms with E-state index < -0.39 is 6.10 Å². The van der Waals surface area contributed by atoms with Gasteiger partial charge in [0.05, 0.1) is 6.10 Å². The molecule has 0 aliphatic carbocycles. The molecule has 82 valence electrons. The molecule has 0 aromatic heterocycles. The number of fused-ring (bicyclic) bond motifs is 1. The van der Waals surface area contributed by atoms with Gasteiger partial charge in [0.15, 0.2) is 0 Å². The van der Waals surface area contributed by atoms with Crippen LogP contribution in [-0.4, -0.2) is 9.85 Å². The second-order valence-electron chi connectivity index (χ2n) is 4.61. The Morgan fingerprint density at radius 3 is 2.80 bits per heavy atom. The van der Waals surface area contributed by atoms with Gasteiger partial charge in [-0.15, -0.1) is 11.8 Å². The highest BCUT2D eigenvalue weighted by Crippen LogP contribution is 2.47. The molecule has 1 atom stereocenters. The van der Waals surface area contributed by atoms with E-state index in [1.54, 1.807) is 11.8 Å². The van der Waals surface area contributed by atoms with Crippen LogP contribution in [0.15, 0.2) is 12.1 Å². The molecule has 0 saturated carbocycles. The molecule has 1 aliphatic heterocycles. The molecule has 3 heteroatoms. The second-order valence-corrected chi connectivity index (χ2v) is 6.65. The van der Waals surface area contributed by atoms with E-state index in [-0.39, 0.29) is 4.75 Å². The number of aliphatic hydroxyl groups excluding tert-OH is 1. The van der Waals surface area contributed by atoms with Crippen molar-refractivity contribution < 1.29 is 5.11 Å². The fraction of sp³-hybridized carbons (Fsp3) is 0.500. The maximum Gasteiger partial charge on any atom is 0.0934 e. The topological polar surface area (TPSA) is 20.2 Å². The first-order valence-corrected chi connectivity index (χ1v) is 6.39. The van der Waals surface area contributed by atoms with E-state index in [9.17, 15) is 5.11 Å². The molecule has 0 radical (unpaired) electrons. The van der Waals surface area contributed by atoms with Crippen molar-refractivity contribution in [2.75, 3.05) is 0 Å². The van der Waals surface area contributed by atoms with Gasteiger partial charge in [-0.3, -0.25) is 0 Å². The van der Waals surface area contributed by atoms with Crippen LogP contribution >= 0.6 is 23.4 Å². The Balaban J connectivity index is 2.56. The predicted molar refractivity (Wildman–Crippen MR) is 66.5 cm³/mol. The highest BCUT2D eigenvalue weighted by molar-refractivity contribution is 7.99. The lowest BCUT2D eigenvalue weighted by Crippen LogP contribution is -2.30. The normalized spacial score (nSPS) is 23.7. The number of hydrogen-bond donors (Lipinski definition) is 1. The summed E-state index contributed by atoms with van der Waals surface area (Å²) >= 11 is 7.94. The molecule has 1 unspecified atom stereocenters. The van der Waals surface area contributed by atoms with Gasteiger partial charge in [-0.2, -0.15) is 0 Å². The van der Waals surface area contributed by atoms with E-state index in [0.717, 1.165) is 27.5 Å². The van der Waals surface area contributed by atoms with Crippen molar-refractivity contribution in [1.82, 2.24) is 0 Å². The SMILES string of the molecule is Cc1cc(Cl)c2c(c1)C(O)C(C)(C)SC2. The van der Waals surface area contributed by atoms with Crippen molar-refractivity contribution in [3.05, 3.63) is 33.8 Å². The number of hydrogen-bond acceptors (Lipinski definition) is 2. The molecule has 0 fully saturated rings. The van der Waals surface area contributed by atoms with E-state index >= 15 is 0 Å². The molecule has 2 rings (SSSR count). The zero-order chi connectivity index (χ0) is 11.2. The van der Waals surface area contributed by atoms with Crippen LogP contribution in [0.2, 0.25) is 5.02 Å². The van der Waals surface area contributed by atoms with Crippen LogP contribution in [0.25, 0.3) is 0 Å². The van der Waals surface area contributed by atoms with Gasteiger partial charge >= 0.3 is 0 Å². The van der Waals surface area contributed by atoms with Crippen molar-refractivity contribution in [2.24, 2.45) is 0 Å². The summed E-state index contributed by atoms with van der Waals surface area (Å²) in [5.41, 5.74) is 3.21. The molecule has 0 spiro atoms. The van der Waals surface area contributed by atoms with E-state index in [2.05, 4.69) is 13.8 Å². The zero-order valence-electron chi connectivity index (χ0n) is 9.17. The van der Waals surface area contributed by atoms with E-state index in [0.29, 0.717) is 0 Å². The maximum absolute atomic E-state index is 10.3. The van der Waals surface area contributed by atoms with E-state index in [1.165, 1.54) is 0 Å². The Morgan fingerprint density at radius 1 is 1.47 bits per heavy atom. The number of aryl methyl sites for hydroxylation is 1. The van der Waals surface area contributed by atoms with Gasteiger partial charge in [0.2, 0.25) is 0 Å². The molecule has 0 saturated heterocycles. The van der Waals surface area contributed by atoms with Gasteiger partial charge in [0.25, 0.3) is 0 Å². The highest BCUT2D eigenvalue weighted by Gasteiger charge is 2.36. The number of thioether (sulfide) groups is 1. The Morgan fingerprint density at radius 2 is 2.13 bits per heavy atom. The quantitative estimate of drug-likeness (QED) is 0.749. The average Bonchev–Trinajstić information content (AvgIpc) is 2.12. The lowest BCUT2D eigenvalue weighted by molar-refractivity contribution is 0.141. The molecule has 1 nitrogen and oxygen atoms in total. The van der Waals surface area contributed by atoms with E-state index in [4.69, 9.17) is 11.6 Å². The smallest absolute Gasteiger partial charge is 0.0934 e. The van der Waals surface area contributed by atoms with Gasteiger partial charge in [0, 0.05) is 15.5 Å². The van der Waals surface area contributed by atoms with Crippen LogP contribution < -0.4 is 0 Å². The van der Waals surface area contributed by atoms with Crippen LogP contribution in [0.1, 0.15) is 36.6 Å². The number of halogens is 1. The summed E-state index contributed by atoms with van der Waals surface area (Å²) in [6.45, 7) is 6.15. The third-order valence-electron chi connectivity index (χ3n) is 2.92. The monoisotopic (exact) mass is 242 g/mol. The van der Waals surface area contributed by atoms with Crippen LogP contribution in [0.4, 0.5) is 0 Å². The third-order valence-corrected chi connectivity index (χ3v) is 4.65. The third kappa shape index (κ3) is 1.91. The molecular weight excluding hydrogens is 228 g/mol. The van der Waals surface area contributed by atoms with Crippen LogP contribution in [0.3, 0.4) is 0 Å². The van der Waals surface area contributed by atoms with Gasteiger partial charge < -0.3 is 5.11 Å². The summed E-state index contributed by atoms with van der Waals surface area (Å²) in [4.78, 5) is 0. The first-order chi connectivity index (χ1) is 6.92. The zero-order valence-corrected chi connectivity index (χ0v) is 10.7. The molecule has 15 heavy (non-hydrogen) atoms. The molecule has 1 aromatic rings. The molecule has 1 aromatic carbocycles. The number of benzene rings is 1. The lowest BCUT2D eigenvalue weighted by Gasteiger charge is -2.36. The minimum absolute atomic E-state index is 0.121. The Labute approximate surface area is 99.8 Å². The highest BCUT2D eigenvalue weighted by atomic mass is 35.5. The maximum atomic E-state index is 10.3. The summed E-state index contributed by atoms with van der Waals surface area (Å²) in [7, 11) is 0. The summed E-state index contributed by atoms with van der Waals surface area (Å²) < 4.78 is -0.121. The lowest BCUT2D eigenvalue weighted by atomic mass is 9.92. The minimum Gasteiger partial charge on any atom is -0.387 e. The molecular formula is C12H15ClOS. The van der Waals surface area contributed by atoms with Crippen molar-refractivity contribution in [3.8, 4) is 0 Å². The molecule has 1 aliphatic rings. The van der Waals surface area contributed by atoms with Gasteiger partial charge in [0.1, 0.15) is 0 Å². The molecule has 1 heterocycles. The van der Waals surface area contributed by atoms with Crippen molar-refractivity contribution in [3.63, 3.8) is 0 Å². The van der Waals surface area contributed by atoms with Crippen LogP contribution in [0, 0.1) is 6.92 Å². The number of aliphatic hydroxyl groups is 1. The first kappa shape index (κ1) is 11.3. The summed E-state index contributed by atoms with van der Waals surface area (Å²) in [6, 6.07) is 4.01. The van der Waals surface area contributed by atoms with Crippen molar-refractivity contribution in [2.45, 2.75) is 37.4 Å². The van der Waals surface area contributed by atoms with Crippen molar-refractivity contribution >= 4 is 23.4 Å². The minimum atomic E-state index is -0.427. The molecule has 0 amide bonds. The fourth-order valence-corrected chi connectivity index (χ4v) is 3.46. The standard InChI is InChI=1S/C12H15ClOS/c1-7-4-8-9(10(13)5-7)6-15-12(2,3)11(8)14/h4-5,11,14H,6H2,1-3H3. The Bertz CT molecular complexity index is 401. The Kier molecular flexibility index (Phi) is 2.78. The van der Waals surface area contributed by atoms with Crippen molar-refractivity contribution in [1.29, 1.82) is 0 Å². The second kappa shape index (κ2) is 3.69. The molecule has 0 bridgehead atoms. The first-order valence-electron chi connectivity index (χ1n) is 5.03. The predicted octanol–water partition coefficient (Wildman–Crippen LogP) is 3.71. The Hall–Kier alpha value is -0.180. The van der Waals surface area contributed by atoms with E-state index in [1.807, 2.05) is 19.1 Å². The van der Waals surface area contributed by atoms with Gasteiger partial charge in [-0.1, -0.05) is 17.7 Å². The number of rotatable bonds is 0. The van der Waals surface area contributed by atoms with Crippen LogP contribution in [-0.2, 0) is 5.75 Å². The summed E-state index contributed by atoms with van der Waals surface area (Å²) in [6.07, 6.45) is -0.427. The molecule has 1 N–H and O–H groups in total. The average molecular weight is 243 g/mol. The summed E-state index contributed by atoms with van der Waals surface area (Å²) in [5.74, 6) is 0.887. The van der Waals surface area contributed by atoms with Gasteiger partial charge in [-0.05, 0) is 43.5 Å². The fourth-order valence-electron chi connectivity index (χ4n) is 1.91. The van der Waals surface area contributed by atoms with Gasteiger partial charge in [-0.25, -0.2) is 0 Å². The van der Waals surface area contributed by atoms with Crippen LogP contribution in [0.5, 0.6) is 0 Å².